The van der Waals surface area contributed by atoms with Crippen LogP contribution in [0.3, 0.4) is 0 Å². The summed E-state index contributed by atoms with van der Waals surface area (Å²) in [5.74, 6) is 0.194. The van der Waals surface area contributed by atoms with Crippen molar-refractivity contribution >= 4 is 44.9 Å². The standard InChI is InChI=1S/C11H13Cl2N3O2S/c1-2-3-4-14-11-15-9-6-7(12)5-8(13)10(9)19(17,18)16-11/h5-6H,2-4H2,1H3,(H2,14,15,16). The first-order valence-corrected chi connectivity index (χ1v) is 8.01. The molecule has 0 amide bonds. The summed E-state index contributed by atoms with van der Waals surface area (Å²) in [6, 6.07) is 2.90. The topological polar surface area (TPSA) is 70.6 Å². The summed E-state index contributed by atoms with van der Waals surface area (Å²) in [6.45, 7) is 2.58. The Hall–Kier alpha value is -0.980. The molecule has 1 aromatic carbocycles. The van der Waals surface area contributed by atoms with E-state index < -0.39 is 10.0 Å². The predicted octanol–water partition coefficient (Wildman–Crippen LogP) is 2.85. The summed E-state index contributed by atoms with van der Waals surface area (Å²) in [5.41, 5.74) is 0.339. The quantitative estimate of drug-likeness (QED) is 0.841. The molecular weight excluding hydrogens is 309 g/mol. The second-order valence-electron chi connectivity index (χ2n) is 4.08. The Bertz CT molecular complexity index is 629. The number of rotatable bonds is 3. The van der Waals surface area contributed by atoms with E-state index in [1.165, 1.54) is 12.1 Å². The van der Waals surface area contributed by atoms with Gasteiger partial charge >= 0.3 is 0 Å². The maximum atomic E-state index is 12.1. The van der Waals surface area contributed by atoms with E-state index in [1.807, 2.05) is 6.92 Å². The number of benzene rings is 1. The minimum Gasteiger partial charge on any atom is -0.324 e. The summed E-state index contributed by atoms with van der Waals surface area (Å²) in [5, 5.41) is 3.33. The Balaban J connectivity index is 2.42. The number of halogens is 2. The number of sulfonamides is 1. The minimum absolute atomic E-state index is 0.00647. The first-order chi connectivity index (χ1) is 8.94. The van der Waals surface area contributed by atoms with Crippen molar-refractivity contribution in [3.63, 3.8) is 0 Å². The van der Waals surface area contributed by atoms with Crippen molar-refractivity contribution < 1.29 is 8.42 Å². The molecule has 1 aliphatic heterocycles. The maximum absolute atomic E-state index is 12.1. The van der Waals surface area contributed by atoms with Crippen LogP contribution in [0.15, 0.2) is 22.0 Å². The fraction of sp³-hybridized carbons (Fsp3) is 0.364. The largest absolute Gasteiger partial charge is 0.324 e. The van der Waals surface area contributed by atoms with Crippen LogP contribution in [-0.2, 0) is 10.0 Å². The van der Waals surface area contributed by atoms with Crippen LogP contribution in [-0.4, -0.2) is 20.9 Å². The van der Waals surface area contributed by atoms with Gasteiger partial charge in [0.15, 0.2) is 0 Å². The van der Waals surface area contributed by atoms with Crippen LogP contribution in [0, 0.1) is 0 Å². The van der Waals surface area contributed by atoms with E-state index in [0.29, 0.717) is 17.3 Å². The third-order valence-corrected chi connectivity index (χ3v) is 4.61. The Labute approximate surface area is 122 Å². The Morgan fingerprint density at radius 2 is 2.05 bits per heavy atom. The second kappa shape index (κ2) is 5.56. The Kier molecular flexibility index (Phi) is 4.23. The molecule has 1 aliphatic rings. The van der Waals surface area contributed by atoms with E-state index in [-0.39, 0.29) is 15.9 Å². The molecule has 2 rings (SSSR count). The zero-order valence-corrected chi connectivity index (χ0v) is 12.5. The smallest absolute Gasteiger partial charge is 0.267 e. The molecule has 0 atom stereocenters. The molecule has 0 aliphatic carbocycles. The highest BCUT2D eigenvalue weighted by molar-refractivity contribution is 7.90. The molecule has 0 radical (unpaired) electrons. The van der Waals surface area contributed by atoms with Gasteiger partial charge in [-0.1, -0.05) is 36.5 Å². The first-order valence-electron chi connectivity index (χ1n) is 5.77. The van der Waals surface area contributed by atoms with Crippen molar-refractivity contribution in [2.24, 2.45) is 4.99 Å². The lowest BCUT2D eigenvalue weighted by Gasteiger charge is -2.22. The lowest BCUT2D eigenvalue weighted by atomic mass is 10.3. The molecule has 1 aromatic rings. The van der Waals surface area contributed by atoms with Crippen molar-refractivity contribution in [2.45, 2.75) is 24.7 Å². The van der Waals surface area contributed by atoms with Crippen LogP contribution in [0.4, 0.5) is 5.69 Å². The average Bonchev–Trinajstić information content (AvgIpc) is 2.26. The molecule has 5 nitrogen and oxygen atoms in total. The summed E-state index contributed by atoms with van der Waals surface area (Å²) >= 11 is 11.8. The van der Waals surface area contributed by atoms with Crippen LogP contribution < -0.4 is 10.0 Å². The number of fused-ring (bicyclic) bond motifs is 1. The molecule has 0 fully saturated rings. The highest BCUT2D eigenvalue weighted by atomic mass is 35.5. The summed E-state index contributed by atoms with van der Waals surface area (Å²) in [4.78, 5) is 4.15. The Morgan fingerprint density at radius 1 is 1.32 bits per heavy atom. The van der Waals surface area contributed by atoms with Crippen LogP contribution in [0.5, 0.6) is 0 Å². The van der Waals surface area contributed by atoms with Crippen molar-refractivity contribution in [2.75, 3.05) is 11.9 Å². The molecule has 0 spiro atoms. The molecule has 8 heteroatoms. The molecule has 0 saturated carbocycles. The third-order valence-electron chi connectivity index (χ3n) is 2.54. The highest BCUT2D eigenvalue weighted by Gasteiger charge is 2.29. The number of hydrogen-bond acceptors (Lipinski definition) is 3. The van der Waals surface area contributed by atoms with Gasteiger partial charge in [-0.3, -0.25) is 4.99 Å². The fourth-order valence-corrected chi connectivity index (χ4v) is 3.66. The SMILES string of the molecule is CCCCN=C1Nc2cc(Cl)cc(Cl)c2S(=O)(=O)N1. The Morgan fingerprint density at radius 3 is 2.74 bits per heavy atom. The number of nitrogens with zero attached hydrogens (tertiary/aromatic N) is 1. The van der Waals surface area contributed by atoms with E-state index >= 15 is 0 Å². The van der Waals surface area contributed by atoms with E-state index in [1.54, 1.807) is 0 Å². The molecule has 0 unspecified atom stereocenters. The van der Waals surface area contributed by atoms with Crippen LogP contribution in [0.1, 0.15) is 19.8 Å². The number of anilines is 1. The van der Waals surface area contributed by atoms with Gasteiger partial charge in [0.05, 0.1) is 10.7 Å². The van der Waals surface area contributed by atoms with E-state index in [4.69, 9.17) is 23.2 Å². The zero-order chi connectivity index (χ0) is 14.0. The molecule has 2 N–H and O–H groups in total. The first kappa shape index (κ1) is 14.4. The lowest BCUT2D eigenvalue weighted by Crippen LogP contribution is -2.41. The predicted molar refractivity (Wildman–Crippen MR) is 77.6 cm³/mol. The van der Waals surface area contributed by atoms with Gasteiger partial charge in [-0.15, -0.1) is 0 Å². The fourth-order valence-electron chi connectivity index (χ4n) is 1.68. The van der Waals surface area contributed by atoms with Gasteiger partial charge in [-0.05, 0) is 18.6 Å². The monoisotopic (exact) mass is 321 g/mol. The summed E-state index contributed by atoms with van der Waals surface area (Å²) < 4.78 is 26.5. The lowest BCUT2D eigenvalue weighted by molar-refractivity contribution is 0.591. The molecule has 0 saturated heterocycles. The van der Waals surface area contributed by atoms with Gasteiger partial charge in [0.2, 0.25) is 5.96 Å². The number of aliphatic imine (C=N–C) groups is 1. The van der Waals surface area contributed by atoms with Gasteiger partial charge in [0, 0.05) is 11.6 Å². The second-order valence-corrected chi connectivity index (χ2v) is 6.54. The van der Waals surface area contributed by atoms with Gasteiger partial charge in [-0.2, -0.15) is 0 Å². The zero-order valence-electron chi connectivity index (χ0n) is 10.2. The number of unbranched alkanes of at least 4 members (excludes halogenated alkanes) is 1. The average molecular weight is 322 g/mol. The normalized spacial score (nSPS) is 18.6. The van der Waals surface area contributed by atoms with Crippen LogP contribution >= 0.6 is 23.2 Å². The molecule has 104 valence electrons. The van der Waals surface area contributed by atoms with Crippen molar-refractivity contribution in [3.05, 3.63) is 22.2 Å². The van der Waals surface area contributed by atoms with E-state index in [9.17, 15) is 8.42 Å². The number of hydrogen-bond donors (Lipinski definition) is 2. The van der Waals surface area contributed by atoms with Crippen molar-refractivity contribution in [3.8, 4) is 0 Å². The number of guanidine groups is 1. The van der Waals surface area contributed by atoms with Gasteiger partial charge in [-0.25, -0.2) is 13.1 Å². The minimum atomic E-state index is -3.71. The highest BCUT2D eigenvalue weighted by Crippen LogP contribution is 2.34. The molecule has 1 heterocycles. The summed E-state index contributed by atoms with van der Waals surface area (Å²) in [6.07, 6.45) is 1.87. The molecule has 19 heavy (non-hydrogen) atoms. The maximum Gasteiger partial charge on any atom is 0.267 e. The molecule has 0 aromatic heterocycles. The molecule has 0 bridgehead atoms. The van der Waals surface area contributed by atoms with Crippen LogP contribution in [0.2, 0.25) is 10.0 Å². The molecular formula is C11H13Cl2N3O2S. The van der Waals surface area contributed by atoms with E-state index in [2.05, 4.69) is 15.0 Å². The third kappa shape index (κ3) is 3.13. The van der Waals surface area contributed by atoms with Crippen molar-refractivity contribution in [1.82, 2.24) is 4.72 Å². The van der Waals surface area contributed by atoms with Gasteiger partial charge in [0.25, 0.3) is 10.0 Å². The van der Waals surface area contributed by atoms with Crippen molar-refractivity contribution in [1.29, 1.82) is 0 Å². The van der Waals surface area contributed by atoms with E-state index in [0.717, 1.165) is 12.8 Å². The number of nitrogens with one attached hydrogen (secondary N) is 2. The van der Waals surface area contributed by atoms with Gasteiger partial charge < -0.3 is 5.32 Å². The summed E-state index contributed by atoms with van der Waals surface area (Å²) in [7, 11) is -3.71. The van der Waals surface area contributed by atoms with Crippen LogP contribution in [0.25, 0.3) is 0 Å². The van der Waals surface area contributed by atoms with Gasteiger partial charge in [0.1, 0.15) is 4.90 Å².